The van der Waals surface area contributed by atoms with E-state index in [1.807, 2.05) is 30.3 Å². The van der Waals surface area contributed by atoms with E-state index in [1.165, 1.54) is 0 Å². The quantitative estimate of drug-likeness (QED) is 0.789. The molecule has 1 fully saturated rings. The van der Waals surface area contributed by atoms with Crippen molar-refractivity contribution in [2.75, 3.05) is 36.0 Å². The number of aromatic nitrogens is 3. The Bertz CT molecular complexity index is 840. The minimum Gasteiger partial charge on any atom is -0.385 e. The van der Waals surface area contributed by atoms with Crippen molar-refractivity contribution < 1.29 is 9.63 Å². The molecule has 1 aromatic carbocycles. The van der Waals surface area contributed by atoms with Crippen molar-refractivity contribution in [2.45, 2.75) is 13.0 Å². The van der Waals surface area contributed by atoms with Crippen molar-refractivity contribution in [3.05, 3.63) is 42.4 Å². The first-order valence-corrected chi connectivity index (χ1v) is 8.08. The predicted molar refractivity (Wildman–Crippen MR) is 91.1 cm³/mol. The molecule has 24 heavy (non-hydrogen) atoms. The molecule has 0 bridgehead atoms. The number of benzene rings is 1. The summed E-state index contributed by atoms with van der Waals surface area (Å²) < 4.78 is 5.40. The summed E-state index contributed by atoms with van der Waals surface area (Å²) in [5.41, 5.74) is 0.812. The van der Waals surface area contributed by atoms with Crippen LogP contribution in [-0.4, -0.2) is 46.4 Å². The highest BCUT2D eigenvalue weighted by molar-refractivity contribution is 5.88. The lowest BCUT2D eigenvalue weighted by Gasteiger charge is -2.35. The molecular formula is C17H19N5O2. The number of nitrogens with zero attached hydrogens (tertiary/aromatic N) is 5. The Hall–Kier alpha value is -2.67. The molecule has 0 unspecified atom stereocenters. The summed E-state index contributed by atoms with van der Waals surface area (Å²) in [4.78, 5) is 13.0. The number of fused-ring (bicyclic) bond motifs is 1. The third kappa shape index (κ3) is 2.67. The number of aliphatic hydroxyl groups is 1. The van der Waals surface area contributed by atoms with Crippen LogP contribution >= 0.6 is 0 Å². The number of hydrogen-bond acceptors (Lipinski definition) is 7. The Morgan fingerprint density at radius 1 is 1.08 bits per heavy atom. The molecule has 0 amide bonds. The summed E-state index contributed by atoms with van der Waals surface area (Å²) in [7, 11) is 0. The molecule has 7 heteroatoms. The molecule has 0 saturated carbocycles. The molecular weight excluding hydrogens is 306 g/mol. The van der Waals surface area contributed by atoms with Gasteiger partial charge in [0.1, 0.15) is 11.9 Å². The van der Waals surface area contributed by atoms with E-state index >= 15 is 0 Å². The second-order valence-electron chi connectivity index (χ2n) is 5.93. The van der Waals surface area contributed by atoms with Gasteiger partial charge in [0.25, 0.3) is 0 Å². The highest BCUT2D eigenvalue weighted by Crippen LogP contribution is 2.27. The highest BCUT2D eigenvalue weighted by atomic mass is 16.5. The average Bonchev–Trinajstić information content (AvgIpc) is 3.06. The van der Waals surface area contributed by atoms with Gasteiger partial charge < -0.3 is 19.4 Å². The topological polar surface area (TPSA) is 78.5 Å². The van der Waals surface area contributed by atoms with E-state index in [4.69, 9.17) is 4.52 Å². The van der Waals surface area contributed by atoms with Crippen molar-refractivity contribution in [1.29, 1.82) is 0 Å². The molecule has 0 aliphatic carbocycles. The van der Waals surface area contributed by atoms with Crippen molar-refractivity contribution in [3.8, 4) is 0 Å². The number of aliphatic hydroxyl groups excluding tert-OH is 1. The van der Waals surface area contributed by atoms with Crippen LogP contribution in [0.15, 0.2) is 41.1 Å². The van der Waals surface area contributed by atoms with Crippen molar-refractivity contribution in [1.82, 2.24) is 15.1 Å². The van der Waals surface area contributed by atoms with Gasteiger partial charge in [-0.1, -0.05) is 17.3 Å². The van der Waals surface area contributed by atoms with Crippen molar-refractivity contribution in [3.63, 3.8) is 0 Å². The third-order valence-electron chi connectivity index (χ3n) is 4.29. The monoisotopic (exact) mass is 325 g/mol. The largest absolute Gasteiger partial charge is 0.385 e. The first-order chi connectivity index (χ1) is 11.7. The van der Waals surface area contributed by atoms with E-state index in [-0.39, 0.29) is 0 Å². The minimum absolute atomic E-state index is 0.456. The van der Waals surface area contributed by atoms with Crippen molar-refractivity contribution in [2.24, 2.45) is 0 Å². The van der Waals surface area contributed by atoms with Crippen LogP contribution in [0.25, 0.3) is 11.0 Å². The van der Waals surface area contributed by atoms with Crippen LogP contribution in [0.2, 0.25) is 0 Å². The zero-order chi connectivity index (χ0) is 16.5. The maximum atomic E-state index is 9.64. The Kier molecular flexibility index (Phi) is 3.78. The fourth-order valence-corrected chi connectivity index (χ4v) is 2.99. The Balaban J connectivity index is 1.50. The summed E-state index contributed by atoms with van der Waals surface area (Å²) in [5, 5.41) is 14.9. The lowest BCUT2D eigenvalue weighted by atomic mass is 10.2. The van der Waals surface area contributed by atoms with Crippen LogP contribution in [0.4, 0.5) is 11.6 Å². The van der Waals surface area contributed by atoms with E-state index in [9.17, 15) is 5.11 Å². The zero-order valence-corrected chi connectivity index (χ0v) is 13.5. The summed E-state index contributed by atoms with van der Waals surface area (Å²) in [6.07, 6.45) is 1.04. The van der Waals surface area contributed by atoms with E-state index in [0.29, 0.717) is 5.82 Å². The summed E-state index contributed by atoms with van der Waals surface area (Å²) in [6, 6.07) is 9.79. The molecule has 1 atom stereocenters. The van der Waals surface area contributed by atoms with Crippen LogP contribution in [0, 0.1) is 0 Å². The molecule has 1 saturated heterocycles. The van der Waals surface area contributed by atoms with Gasteiger partial charge in [-0.05, 0) is 25.1 Å². The van der Waals surface area contributed by atoms with Crippen LogP contribution < -0.4 is 9.80 Å². The smallest absolute Gasteiger partial charge is 0.180 e. The first kappa shape index (κ1) is 14.9. The number of rotatable bonds is 3. The normalized spacial score (nSPS) is 16.6. The van der Waals surface area contributed by atoms with Crippen LogP contribution in [0.5, 0.6) is 0 Å². The van der Waals surface area contributed by atoms with Gasteiger partial charge in [0.05, 0.1) is 5.39 Å². The molecule has 0 spiro atoms. The molecule has 1 aliphatic rings. The van der Waals surface area contributed by atoms with Gasteiger partial charge in [0, 0.05) is 32.4 Å². The van der Waals surface area contributed by atoms with Gasteiger partial charge in [-0.25, -0.2) is 9.97 Å². The molecule has 4 rings (SSSR count). The second-order valence-corrected chi connectivity index (χ2v) is 5.93. The lowest BCUT2D eigenvalue weighted by Crippen LogP contribution is -2.47. The van der Waals surface area contributed by atoms with E-state index in [0.717, 1.165) is 48.8 Å². The summed E-state index contributed by atoms with van der Waals surface area (Å²) >= 11 is 0. The molecule has 1 N–H and O–H groups in total. The Morgan fingerprint density at radius 3 is 2.62 bits per heavy atom. The first-order valence-electron chi connectivity index (χ1n) is 8.08. The van der Waals surface area contributed by atoms with Crippen LogP contribution in [-0.2, 0) is 0 Å². The van der Waals surface area contributed by atoms with E-state index in [2.05, 4.69) is 24.9 Å². The molecule has 124 valence electrons. The van der Waals surface area contributed by atoms with Gasteiger partial charge in [-0.3, -0.25) is 0 Å². The Labute approximate surface area is 139 Å². The predicted octanol–water partition coefficient (Wildman–Crippen LogP) is 2.00. The SMILES string of the molecule is C[C@@H](O)c1nccc(N2CCN(c3noc4ccccc34)CC2)n1. The zero-order valence-electron chi connectivity index (χ0n) is 13.5. The third-order valence-corrected chi connectivity index (χ3v) is 4.29. The van der Waals surface area contributed by atoms with Gasteiger partial charge in [-0.15, -0.1) is 0 Å². The summed E-state index contributed by atoms with van der Waals surface area (Å²) in [6.45, 7) is 5.01. The molecule has 7 nitrogen and oxygen atoms in total. The second kappa shape index (κ2) is 6.09. The van der Waals surface area contributed by atoms with Crippen molar-refractivity contribution >= 4 is 22.6 Å². The van der Waals surface area contributed by atoms with Crippen LogP contribution in [0.1, 0.15) is 18.9 Å². The number of hydrogen-bond donors (Lipinski definition) is 1. The maximum Gasteiger partial charge on any atom is 0.180 e. The van der Waals surface area contributed by atoms with E-state index < -0.39 is 6.10 Å². The highest BCUT2D eigenvalue weighted by Gasteiger charge is 2.22. The maximum absolute atomic E-state index is 9.64. The van der Waals surface area contributed by atoms with Crippen LogP contribution in [0.3, 0.4) is 0 Å². The Morgan fingerprint density at radius 2 is 1.83 bits per heavy atom. The van der Waals surface area contributed by atoms with Gasteiger partial charge in [0.15, 0.2) is 17.2 Å². The van der Waals surface area contributed by atoms with Gasteiger partial charge >= 0.3 is 0 Å². The van der Waals surface area contributed by atoms with E-state index in [1.54, 1.807) is 13.1 Å². The average molecular weight is 325 g/mol. The number of para-hydroxylation sites is 1. The fraction of sp³-hybridized carbons (Fsp3) is 0.353. The number of piperazine rings is 1. The molecule has 3 heterocycles. The molecule has 1 aliphatic heterocycles. The summed E-state index contributed by atoms with van der Waals surface area (Å²) in [5.74, 6) is 2.21. The minimum atomic E-state index is -0.660. The number of anilines is 2. The van der Waals surface area contributed by atoms with Gasteiger partial charge in [0.2, 0.25) is 0 Å². The lowest BCUT2D eigenvalue weighted by molar-refractivity contribution is 0.189. The molecule has 2 aromatic heterocycles. The van der Waals surface area contributed by atoms with Gasteiger partial charge in [-0.2, -0.15) is 0 Å². The standard InChI is InChI=1S/C17H19N5O2/c1-12(23)16-18-7-6-15(19-16)21-8-10-22(11-9-21)17-13-4-2-3-5-14(13)24-20-17/h2-7,12,23H,8-11H2,1H3/t12-/m1/s1. The molecule has 3 aromatic rings. The fourth-order valence-electron chi connectivity index (χ4n) is 2.99. The molecule has 0 radical (unpaired) electrons.